The van der Waals surface area contributed by atoms with E-state index in [-0.39, 0.29) is 10.6 Å². The van der Waals surface area contributed by atoms with E-state index >= 15 is 0 Å². The van der Waals surface area contributed by atoms with Crippen molar-refractivity contribution in [3.05, 3.63) is 32.1 Å². The summed E-state index contributed by atoms with van der Waals surface area (Å²) in [6.45, 7) is 0. The van der Waals surface area contributed by atoms with Gasteiger partial charge in [-0.2, -0.15) is 0 Å². The second kappa shape index (κ2) is 3.49. The summed E-state index contributed by atoms with van der Waals surface area (Å²) >= 11 is 7.26. The molecule has 0 radical (unpaired) electrons. The smallest absolute Gasteiger partial charge is 0.151 e. The summed E-state index contributed by atoms with van der Waals surface area (Å²) in [5.74, 6) is -0.458. The van der Waals surface area contributed by atoms with Crippen LogP contribution in [0.2, 0.25) is 5.02 Å². The third kappa shape index (κ3) is 1.90. The van der Waals surface area contributed by atoms with Gasteiger partial charge >= 0.3 is 0 Å². The number of halogens is 3. The summed E-state index contributed by atoms with van der Waals surface area (Å²) in [7, 11) is 0. The molecule has 1 aromatic carbocycles. The van der Waals surface area contributed by atoms with Crippen LogP contribution in [0.5, 0.6) is 0 Å². The van der Waals surface area contributed by atoms with E-state index in [0.29, 0.717) is 9.86 Å². The molecule has 0 aliphatic carbocycles. The lowest BCUT2D eigenvalue weighted by Crippen LogP contribution is -1.90. The van der Waals surface area contributed by atoms with Gasteiger partial charge in [0.05, 0.1) is 3.57 Å². The van der Waals surface area contributed by atoms with Gasteiger partial charge in [-0.1, -0.05) is 11.6 Å². The number of carbonyl (C=O) groups is 1. The Hall–Kier alpha value is -0.160. The number of hydrogen-bond donors (Lipinski definition) is 0. The molecule has 0 atom stereocenters. The van der Waals surface area contributed by atoms with Gasteiger partial charge in [-0.15, -0.1) is 0 Å². The van der Waals surface area contributed by atoms with E-state index in [9.17, 15) is 9.18 Å². The molecule has 1 rings (SSSR count). The molecule has 0 aromatic heterocycles. The van der Waals surface area contributed by atoms with Crippen molar-refractivity contribution in [2.75, 3.05) is 0 Å². The van der Waals surface area contributed by atoms with Crippen LogP contribution >= 0.6 is 34.2 Å². The van der Waals surface area contributed by atoms with Crippen LogP contribution in [0.3, 0.4) is 0 Å². The third-order valence-electron chi connectivity index (χ3n) is 1.15. The summed E-state index contributed by atoms with van der Waals surface area (Å²) in [5.41, 5.74) is 0.288. The zero-order chi connectivity index (χ0) is 8.43. The van der Waals surface area contributed by atoms with Gasteiger partial charge in [0.15, 0.2) is 6.29 Å². The highest BCUT2D eigenvalue weighted by Crippen LogP contribution is 2.20. The molecular weight excluding hydrogens is 281 g/mol. The molecule has 0 spiro atoms. The summed E-state index contributed by atoms with van der Waals surface area (Å²) in [6, 6.07) is 2.61. The molecule has 0 unspecified atom stereocenters. The lowest BCUT2D eigenvalue weighted by atomic mass is 10.2. The van der Waals surface area contributed by atoms with E-state index in [2.05, 4.69) is 0 Å². The zero-order valence-corrected chi connectivity index (χ0v) is 8.19. The molecule has 4 heteroatoms. The molecule has 0 amide bonds. The van der Waals surface area contributed by atoms with E-state index in [1.54, 1.807) is 22.6 Å². The first-order valence-electron chi connectivity index (χ1n) is 2.75. The quantitative estimate of drug-likeness (QED) is 0.440. The maximum Gasteiger partial charge on any atom is 0.151 e. The molecule has 0 aliphatic heterocycles. The van der Waals surface area contributed by atoms with E-state index in [4.69, 9.17) is 11.6 Å². The van der Waals surface area contributed by atoms with Gasteiger partial charge < -0.3 is 0 Å². The van der Waals surface area contributed by atoms with Gasteiger partial charge in [0.25, 0.3) is 0 Å². The first-order chi connectivity index (χ1) is 5.15. The fraction of sp³-hybridized carbons (Fsp3) is 0. The lowest BCUT2D eigenvalue weighted by molar-refractivity contribution is 0.112. The second-order valence-corrected chi connectivity index (χ2v) is 3.42. The van der Waals surface area contributed by atoms with Crippen LogP contribution < -0.4 is 0 Å². The average Bonchev–Trinajstić information content (AvgIpc) is 1.96. The van der Waals surface area contributed by atoms with Crippen LogP contribution in [-0.2, 0) is 0 Å². The number of benzene rings is 1. The number of aldehydes is 1. The van der Waals surface area contributed by atoms with E-state index in [1.807, 2.05) is 0 Å². The highest BCUT2D eigenvalue weighted by atomic mass is 127. The van der Waals surface area contributed by atoms with E-state index < -0.39 is 5.82 Å². The largest absolute Gasteiger partial charge is 0.298 e. The molecule has 1 nitrogen and oxygen atoms in total. The molecule has 0 saturated carbocycles. The minimum atomic E-state index is -0.458. The molecule has 0 saturated heterocycles. The monoisotopic (exact) mass is 284 g/mol. The molecular formula is C7H3ClFIO. The number of carbonyl (C=O) groups excluding carboxylic acids is 1. The molecule has 0 bridgehead atoms. The maximum atomic E-state index is 12.8. The van der Waals surface area contributed by atoms with E-state index in [1.165, 1.54) is 12.1 Å². The van der Waals surface area contributed by atoms with Crippen LogP contribution in [0.4, 0.5) is 4.39 Å². The molecule has 0 N–H and O–H groups in total. The van der Waals surface area contributed by atoms with Crippen LogP contribution in [0.1, 0.15) is 10.4 Å². The minimum absolute atomic E-state index is 0.241. The Kier molecular flexibility index (Phi) is 2.84. The van der Waals surface area contributed by atoms with Crippen LogP contribution in [0.15, 0.2) is 12.1 Å². The predicted molar refractivity (Wildman–Crippen MR) is 49.5 cm³/mol. The van der Waals surface area contributed by atoms with Gasteiger partial charge in [0.2, 0.25) is 0 Å². The Bertz CT molecular complexity index is 301. The molecule has 0 aliphatic rings. The molecule has 11 heavy (non-hydrogen) atoms. The standard InChI is InChI=1S/C7H3ClFIO/c8-5-1-4(3-11)7(10)6(9)2-5/h1-3H. The maximum absolute atomic E-state index is 12.8. The van der Waals surface area contributed by atoms with Gasteiger partial charge in [-0.05, 0) is 34.7 Å². The normalized spacial score (nSPS) is 9.73. The average molecular weight is 284 g/mol. The topological polar surface area (TPSA) is 17.1 Å². The zero-order valence-electron chi connectivity index (χ0n) is 5.27. The van der Waals surface area contributed by atoms with Crippen molar-refractivity contribution in [2.45, 2.75) is 0 Å². The summed E-state index contributed by atoms with van der Waals surface area (Å²) in [5, 5.41) is 0.241. The Morgan fingerprint density at radius 2 is 2.18 bits per heavy atom. The SMILES string of the molecule is O=Cc1cc(Cl)cc(F)c1I. The second-order valence-electron chi connectivity index (χ2n) is 1.91. The van der Waals surface area contributed by atoms with Crippen molar-refractivity contribution in [2.24, 2.45) is 0 Å². The van der Waals surface area contributed by atoms with Gasteiger partial charge in [-0.3, -0.25) is 4.79 Å². The van der Waals surface area contributed by atoms with Crippen LogP contribution in [-0.4, -0.2) is 6.29 Å². The lowest BCUT2D eigenvalue weighted by Gasteiger charge is -1.98. The fourth-order valence-corrected chi connectivity index (χ4v) is 1.31. The fourth-order valence-electron chi connectivity index (χ4n) is 0.662. The first-order valence-corrected chi connectivity index (χ1v) is 4.20. The summed E-state index contributed by atoms with van der Waals surface area (Å²) in [6.07, 6.45) is 0.580. The Balaban J connectivity index is 3.35. The summed E-state index contributed by atoms with van der Waals surface area (Å²) in [4.78, 5) is 10.3. The van der Waals surface area contributed by atoms with Crippen molar-refractivity contribution in [3.8, 4) is 0 Å². The predicted octanol–water partition coefficient (Wildman–Crippen LogP) is 2.90. The Labute approximate surface area is 81.7 Å². The number of hydrogen-bond acceptors (Lipinski definition) is 1. The van der Waals surface area contributed by atoms with Crippen molar-refractivity contribution < 1.29 is 9.18 Å². The Morgan fingerprint density at radius 1 is 1.55 bits per heavy atom. The minimum Gasteiger partial charge on any atom is -0.298 e. The highest BCUT2D eigenvalue weighted by molar-refractivity contribution is 14.1. The molecule has 1 aromatic rings. The van der Waals surface area contributed by atoms with Crippen molar-refractivity contribution in [1.82, 2.24) is 0 Å². The van der Waals surface area contributed by atoms with Gasteiger partial charge in [-0.25, -0.2) is 4.39 Å². The molecule has 0 heterocycles. The molecule has 58 valence electrons. The highest BCUT2D eigenvalue weighted by Gasteiger charge is 2.05. The molecule has 0 fully saturated rings. The first kappa shape index (κ1) is 8.93. The van der Waals surface area contributed by atoms with Crippen LogP contribution in [0, 0.1) is 9.39 Å². The van der Waals surface area contributed by atoms with E-state index in [0.717, 1.165) is 0 Å². The van der Waals surface area contributed by atoms with Gasteiger partial charge in [0.1, 0.15) is 5.82 Å². The van der Waals surface area contributed by atoms with Crippen molar-refractivity contribution in [3.63, 3.8) is 0 Å². The third-order valence-corrected chi connectivity index (χ3v) is 2.50. The van der Waals surface area contributed by atoms with Crippen molar-refractivity contribution in [1.29, 1.82) is 0 Å². The Morgan fingerprint density at radius 3 is 2.73 bits per heavy atom. The van der Waals surface area contributed by atoms with Gasteiger partial charge in [0, 0.05) is 10.6 Å². The van der Waals surface area contributed by atoms with Crippen LogP contribution in [0.25, 0.3) is 0 Å². The van der Waals surface area contributed by atoms with Crippen molar-refractivity contribution >= 4 is 40.5 Å². The number of rotatable bonds is 1. The summed E-state index contributed by atoms with van der Waals surface area (Å²) < 4.78 is 13.1.